The van der Waals surface area contributed by atoms with Gasteiger partial charge in [0.05, 0.1) is 4.47 Å². The summed E-state index contributed by atoms with van der Waals surface area (Å²) >= 11 is 8.12. The Morgan fingerprint density at radius 3 is 2.78 bits per heavy atom. The van der Waals surface area contributed by atoms with Gasteiger partial charge in [-0.2, -0.15) is 0 Å². The Balaban J connectivity index is 2.37. The van der Waals surface area contributed by atoms with Crippen molar-refractivity contribution in [2.45, 2.75) is 30.1 Å². The van der Waals surface area contributed by atoms with Gasteiger partial charge in [0.1, 0.15) is 5.03 Å². The third kappa shape index (κ3) is 2.86. The first-order valence-corrected chi connectivity index (χ1v) is 7.55. The molecule has 8 heteroatoms. The van der Waals surface area contributed by atoms with E-state index in [2.05, 4.69) is 47.0 Å². The largest absolute Gasteiger partial charge is 0.344 e. The summed E-state index contributed by atoms with van der Waals surface area (Å²) in [5.41, 5.74) is -0.208. The van der Waals surface area contributed by atoms with Crippen LogP contribution in [-0.2, 0) is 0 Å². The zero-order valence-electron chi connectivity index (χ0n) is 9.65. The second-order valence-corrected chi connectivity index (χ2v) is 6.54. The molecule has 2 rings (SSSR count). The van der Waals surface area contributed by atoms with Crippen molar-refractivity contribution in [1.82, 2.24) is 19.7 Å². The van der Waals surface area contributed by atoms with Crippen molar-refractivity contribution < 1.29 is 0 Å². The van der Waals surface area contributed by atoms with Crippen LogP contribution in [0.5, 0.6) is 0 Å². The van der Waals surface area contributed by atoms with Crippen LogP contribution in [0.3, 0.4) is 0 Å². The van der Waals surface area contributed by atoms with Gasteiger partial charge in [0.15, 0.2) is 5.16 Å². The maximum atomic E-state index is 11.6. The average molecular weight is 394 g/mol. The van der Waals surface area contributed by atoms with Crippen molar-refractivity contribution in [3.63, 3.8) is 0 Å². The van der Waals surface area contributed by atoms with Crippen LogP contribution in [-0.4, -0.2) is 19.7 Å². The van der Waals surface area contributed by atoms with Gasteiger partial charge < -0.3 is 0 Å². The first-order valence-electron chi connectivity index (χ1n) is 5.15. The van der Waals surface area contributed by atoms with E-state index in [1.54, 1.807) is 10.8 Å². The molecule has 0 amide bonds. The summed E-state index contributed by atoms with van der Waals surface area (Å²) in [7, 11) is 0. The molecule has 0 aliphatic heterocycles. The normalized spacial score (nSPS) is 11.2. The number of aromatic nitrogens is 4. The van der Waals surface area contributed by atoms with Crippen LogP contribution >= 0.6 is 43.6 Å². The van der Waals surface area contributed by atoms with E-state index < -0.39 is 0 Å². The summed E-state index contributed by atoms with van der Waals surface area (Å²) in [4.78, 5) is 15.9. The fraction of sp³-hybridized carbons (Fsp3) is 0.300. The van der Waals surface area contributed by atoms with Gasteiger partial charge in [-0.3, -0.25) is 4.57 Å². The molecule has 18 heavy (non-hydrogen) atoms. The monoisotopic (exact) mass is 392 g/mol. The Kier molecular flexibility index (Phi) is 4.29. The molecule has 5 nitrogen and oxygen atoms in total. The zero-order valence-corrected chi connectivity index (χ0v) is 13.6. The van der Waals surface area contributed by atoms with Crippen LogP contribution in [0, 0.1) is 0 Å². The molecule has 96 valence electrons. The van der Waals surface area contributed by atoms with E-state index in [1.807, 2.05) is 19.9 Å². The predicted octanol–water partition coefficient (Wildman–Crippen LogP) is 3.22. The lowest BCUT2D eigenvalue weighted by molar-refractivity contribution is 0.534. The van der Waals surface area contributed by atoms with E-state index in [0.29, 0.717) is 5.16 Å². The molecule has 0 fully saturated rings. The quantitative estimate of drug-likeness (QED) is 0.869. The minimum absolute atomic E-state index is 0.0490. The molecule has 0 aliphatic rings. The van der Waals surface area contributed by atoms with Crippen molar-refractivity contribution in [1.29, 1.82) is 0 Å². The molecule has 0 atom stereocenters. The second-order valence-electron chi connectivity index (χ2n) is 3.82. The molecule has 0 saturated heterocycles. The highest BCUT2D eigenvalue weighted by molar-refractivity contribution is 9.11. The summed E-state index contributed by atoms with van der Waals surface area (Å²) in [6.07, 6.45) is 1.71. The van der Waals surface area contributed by atoms with Gasteiger partial charge in [0, 0.05) is 16.7 Å². The molecule has 1 N–H and O–H groups in total. The molecule has 0 radical (unpaired) electrons. The standard InChI is InChI=1S/C10H10Br2N4OS/c1-5(2)16-9(17)14-15-10(16)18-8-7(12)3-6(11)4-13-8/h3-5H,1-2H3,(H,14,17). The van der Waals surface area contributed by atoms with E-state index in [4.69, 9.17) is 0 Å². The van der Waals surface area contributed by atoms with E-state index >= 15 is 0 Å². The Morgan fingerprint density at radius 2 is 2.17 bits per heavy atom. The van der Waals surface area contributed by atoms with Gasteiger partial charge in [-0.1, -0.05) is 0 Å². The molecule has 0 saturated carbocycles. The summed E-state index contributed by atoms with van der Waals surface area (Å²) in [5, 5.41) is 7.83. The van der Waals surface area contributed by atoms with Gasteiger partial charge in [-0.25, -0.2) is 14.9 Å². The van der Waals surface area contributed by atoms with Gasteiger partial charge in [0.25, 0.3) is 0 Å². The Hall–Kier alpha value is -0.600. The molecule has 2 aromatic rings. The lowest BCUT2D eigenvalue weighted by Gasteiger charge is -2.08. The number of pyridine rings is 1. The number of aromatic amines is 1. The van der Waals surface area contributed by atoms with Crippen LogP contribution in [0.25, 0.3) is 0 Å². The Morgan fingerprint density at radius 1 is 1.44 bits per heavy atom. The van der Waals surface area contributed by atoms with Crippen molar-refractivity contribution in [2.75, 3.05) is 0 Å². The minimum atomic E-state index is -0.208. The van der Waals surface area contributed by atoms with Crippen LogP contribution in [0.4, 0.5) is 0 Å². The van der Waals surface area contributed by atoms with Crippen LogP contribution < -0.4 is 5.69 Å². The highest BCUT2D eigenvalue weighted by atomic mass is 79.9. The highest BCUT2D eigenvalue weighted by Gasteiger charge is 2.14. The van der Waals surface area contributed by atoms with Gasteiger partial charge in [-0.05, 0) is 63.5 Å². The van der Waals surface area contributed by atoms with Crippen LogP contribution in [0.15, 0.2) is 36.2 Å². The van der Waals surface area contributed by atoms with Crippen LogP contribution in [0.2, 0.25) is 0 Å². The number of halogens is 2. The van der Waals surface area contributed by atoms with Gasteiger partial charge in [-0.15, -0.1) is 5.10 Å². The summed E-state index contributed by atoms with van der Waals surface area (Å²) in [5.74, 6) is 0. The number of nitrogens with one attached hydrogen (secondary N) is 1. The third-order valence-electron chi connectivity index (χ3n) is 2.15. The van der Waals surface area contributed by atoms with Crippen molar-refractivity contribution >= 4 is 43.6 Å². The fourth-order valence-electron chi connectivity index (χ4n) is 1.38. The lowest BCUT2D eigenvalue weighted by atomic mass is 10.4. The molecule has 0 spiro atoms. The van der Waals surface area contributed by atoms with Gasteiger partial charge in [0.2, 0.25) is 0 Å². The predicted molar refractivity (Wildman–Crippen MR) is 77.0 cm³/mol. The Bertz CT molecular complexity index is 623. The van der Waals surface area contributed by atoms with Crippen molar-refractivity contribution in [3.05, 3.63) is 31.7 Å². The van der Waals surface area contributed by atoms with E-state index in [0.717, 1.165) is 14.0 Å². The highest BCUT2D eigenvalue weighted by Crippen LogP contribution is 2.32. The topological polar surface area (TPSA) is 63.6 Å². The third-order valence-corrected chi connectivity index (χ3v) is 4.44. The Labute approximate surface area is 125 Å². The SMILES string of the molecule is CC(C)n1c(Sc2ncc(Br)cc2Br)n[nH]c1=O. The molecule has 0 bridgehead atoms. The van der Waals surface area contributed by atoms with E-state index in [9.17, 15) is 4.79 Å². The van der Waals surface area contributed by atoms with E-state index in [1.165, 1.54) is 11.8 Å². The molecule has 0 aromatic carbocycles. The minimum Gasteiger partial charge on any atom is -0.267 e. The van der Waals surface area contributed by atoms with Crippen molar-refractivity contribution in [2.24, 2.45) is 0 Å². The number of rotatable bonds is 3. The number of H-pyrrole nitrogens is 1. The van der Waals surface area contributed by atoms with E-state index in [-0.39, 0.29) is 11.7 Å². The summed E-state index contributed by atoms with van der Waals surface area (Å²) < 4.78 is 3.34. The lowest BCUT2D eigenvalue weighted by Crippen LogP contribution is -2.19. The maximum Gasteiger partial charge on any atom is 0.344 e. The second kappa shape index (κ2) is 5.58. The number of nitrogens with zero attached hydrogens (tertiary/aromatic N) is 3. The summed E-state index contributed by atoms with van der Waals surface area (Å²) in [6, 6.07) is 1.95. The molecule has 0 unspecified atom stereocenters. The first-order chi connectivity index (χ1) is 8.49. The number of hydrogen-bond donors (Lipinski definition) is 1. The van der Waals surface area contributed by atoms with Crippen molar-refractivity contribution in [3.8, 4) is 0 Å². The molecule has 2 heterocycles. The fourth-order valence-corrected chi connectivity index (χ4v) is 3.53. The first kappa shape index (κ1) is 13.8. The zero-order chi connectivity index (χ0) is 13.3. The van der Waals surface area contributed by atoms with Crippen LogP contribution in [0.1, 0.15) is 19.9 Å². The summed E-state index contributed by atoms with van der Waals surface area (Å²) in [6.45, 7) is 3.87. The molecular formula is C10H10Br2N4OS. The smallest absolute Gasteiger partial charge is 0.267 e. The van der Waals surface area contributed by atoms with Gasteiger partial charge >= 0.3 is 5.69 Å². The number of hydrogen-bond acceptors (Lipinski definition) is 4. The molecular weight excluding hydrogens is 384 g/mol. The maximum absolute atomic E-state index is 11.6. The molecule has 0 aliphatic carbocycles. The average Bonchev–Trinajstić information content (AvgIpc) is 2.64. The molecule has 2 aromatic heterocycles.